The number of halogens is 1. The van der Waals surface area contributed by atoms with Gasteiger partial charge >= 0.3 is 6.09 Å². The van der Waals surface area contributed by atoms with Crippen LogP contribution < -0.4 is 16.4 Å². The van der Waals surface area contributed by atoms with E-state index in [1.807, 2.05) is 6.92 Å². The molecule has 2 rings (SSSR count). The maximum Gasteiger partial charge on any atom is 0.408 e. The average molecular weight is 603 g/mol. The molecule has 2 aromatic rings. The van der Waals surface area contributed by atoms with Gasteiger partial charge < -0.3 is 31.1 Å². The molecule has 0 saturated heterocycles. The number of alkyl carbamates (subject to hydrolysis) is 1. The van der Waals surface area contributed by atoms with E-state index in [1.54, 1.807) is 78.8 Å². The third kappa shape index (κ3) is 9.11. The summed E-state index contributed by atoms with van der Waals surface area (Å²) in [4.78, 5) is 54.6. The number of para-hydroxylation sites is 1. The number of nitrogens with two attached hydrogens (primary N) is 1. The number of hydrogen-bond acceptors (Lipinski definition) is 6. The monoisotopic (exact) mass is 602 g/mol. The Morgan fingerprint density at radius 2 is 1.69 bits per heavy atom. The Balaban J connectivity index is 2.73. The number of primary amides is 1. The number of carbonyl (C=O) groups excluding carboxylic acids is 4. The predicted molar refractivity (Wildman–Crippen MR) is 163 cm³/mol. The molecule has 42 heavy (non-hydrogen) atoms. The molecule has 11 heteroatoms. The number of amides is 4. The van der Waals surface area contributed by atoms with Crippen LogP contribution in [0.3, 0.4) is 0 Å². The fourth-order valence-corrected chi connectivity index (χ4v) is 4.62. The van der Waals surface area contributed by atoms with E-state index in [-0.39, 0.29) is 18.6 Å². The van der Waals surface area contributed by atoms with Gasteiger partial charge in [0.2, 0.25) is 11.8 Å². The van der Waals surface area contributed by atoms with Crippen molar-refractivity contribution in [3.8, 4) is 5.75 Å². The number of hydrogen-bond donors (Lipinski definition) is 4. The molecule has 4 amide bonds. The molecule has 2 unspecified atom stereocenters. The van der Waals surface area contributed by atoms with E-state index in [2.05, 4.69) is 10.6 Å². The number of rotatable bonds is 11. The fraction of sp³-hybridized carbons (Fsp3) is 0.484. The van der Waals surface area contributed by atoms with E-state index in [4.69, 9.17) is 22.1 Å². The normalized spacial score (nSPS) is 13.1. The van der Waals surface area contributed by atoms with Gasteiger partial charge in [-0.25, -0.2) is 4.79 Å². The molecule has 0 radical (unpaired) electrons. The average Bonchev–Trinajstić information content (AvgIpc) is 2.87. The van der Waals surface area contributed by atoms with Crippen molar-refractivity contribution in [1.29, 1.82) is 0 Å². The smallest absolute Gasteiger partial charge is 0.408 e. The van der Waals surface area contributed by atoms with Crippen LogP contribution in [0.5, 0.6) is 5.75 Å². The van der Waals surface area contributed by atoms with Crippen molar-refractivity contribution in [2.24, 2.45) is 5.73 Å². The van der Waals surface area contributed by atoms with Crippen LogP contribution in [-0.4, -0.2) is 51.0 Å². The molecule has 0 saturated carbocycles. The number of ether oxygens (including phenoxy) is 1. The first-order valence-electron chi connectivity index (χ1n) is 13.8. The largest absolute Gasteiger partial charge is 0.508 e. The van der Waals surface area contributed by atoms with Crippen LogP contribution in [0.25, 0.3) is 0 Å². The zero-order valence-electron chi connectivity index (χ0n) is 25.6. The van der Waals surface area contributed by atoms with Gasteiger partial charge in [0.15, 0.2) is 0 Å². The van der Waals surface area contributed by atoms with Gasteiger partial charge in [0.05, 0.1) is 10.7 Å². The molecule has 2 atom stereocenters. The Hall–Kier alpha value is -3.79. The molecule has 0 aliphatic rings. The third-order valence-electron chi connectivity index (χ3n) is 6.94. The summed E-state index contributed by atoms with van der Waals surface area (Å²) in [7, 11) is 0. The summed E-state index contributed by atoms with van der Waals surface area (Å²) in [5.41, 5.74) is 5.66. The first-order valence-corrected chi connectivity index (χ1v) is 14.2. The van der Waals surface area contributed by atoms with E-state index in [0.717, 1.165) is 5.56 Å². The van der Waals surface area contributed by atoms with Crippen molar-refractivity contribution in [2.45, 2.75) is 97.9 Å². The maximum atomic E-state index is 14.5. The number of aromatic hydroxyl groups is 1. The summed E-state index contributed by atoms with van der Waals surface area (Å²) in [6.45, 7) is 14.0. The Kier molecular flexibility index (Phi) is 11.4. The molecule has 2 aromatic carbocycles. The Labute approximate surface area is 252 Å². The van der Waals surface area contributed by atoms with Gasteiger partial charge in [-0.2, -0.15) is 0 Å². The summed E-state index contributed by atoms with van der Waals surface area (Å²) < 4.78 is 5.39. The molecule has 0 aliphatic heterocycles. The number of carbonyl (C=O) groups is 4. The van der Waals surface area contributed by atoms with E-state index in [1.165, 1.54) is 11.0 Å². The molecule has 10 nitrogen and oxygen atoms in total. The molecule has 230 valence electrons. The van der Waals surface area contributed by atoms with E-state index in [9.17, 15) is 24.3 Å². The van der Waals surface area contributed by atoms with Crippen molar-refractivity contribution < 1.29 is 29.0 Å². The second-order valence-electron chi connectivity index (χ2n) is 11.9. The highest BCUT2D eigenvalue weighted by molar-refractivity contribution is 6.34. The number of phenols is 1. The lowest BCUT2D eigenvalue weighted by Gasteiger charge is -2.44. The summed E-state index contributed by atoms with van der Waals surface area (Å²) in [5.74, 6) is -1.80. The van der Waals surface area contributed by atoms with Crippen LogP contribution in [0.15, 0.2) is 36.4 Å². The van der Waals surface area contributed by atoms with Crippen LogP contribution in [0.2, 0.25) is 5.02 Å². The number of phenolic OH excluding ortho intramolecular Hbond substituents is 1. The summed E-state index contributed by atoms with van der Waals surface area (Å²) in [6, 6.07) is 7.39. The van der Waals surface area contributed by atoms with Gasteiger partial charge in [0.25, 0.3) is 5.91 Å². The first kappa shape index (κ1) is 34.4. The lowest BCUT2D eigenvalue weighted by molar-refractivity contribution is -0.148. The highest BCUT2D eigenvalue weighted by Gasteiger charge is 2.43. The Morgan fingerprint density at radius 3 is 2.21 bits per heavy atom. The highest BCUT2D eigenvalue weighted by atomic mass is 35.5. The Bertz CT molecular complexity index is 1300. The van der Waals surface area contributed by atoms with E-state index >= 15 is 0 Å². The van der Waals surface area contributed by atoms with Crippen LogP contribution in [0, 0.1) is 13.8 Å². The van der Waals surface area contributed by atoms with Crippen molar-refractivity contribution >= 4 is 41.1 Å². The number of benzene rings is 2. The minimum absolute atomic E-state index is 0.0263. The van der Waals surface area contributed by atoms with Crippen molar-refractivity contribution in [3.63, 3.8) is 0 Å². The highest BCUT2D eigenvalue weighted by Crippen LogP contribution is 2.36. The van der Waals surface area contributed by atoms with E-state index in [0.29, 0.717) is 28.3 Å². The fourth-order valence-electron chi connectivity index (χ4n) is 4.36. The van der Waals surface area contributed by atoms with Crippen LogP contribution in [0.1, 0.15) is 83.5 Å². The second kappa shape index (κ2) is 13.9. The molecule has 0 spiro atoms. The number of aryl methyl sites for hydroxylation is 2. The lowest BCUT2D eigenvalue weighted by atomic mass is 9.90. The van der Waals surface area contributed by atoms with Gasteiger partial charge in [-0.15, -0.1) is 0 Å². The van der Waals surface area contributed by atoms with Gasteiger partial charge in [0.1, 0.15) is 23.4 Å². The Morgan fingerprint density at radius 1 is 1.05 bits per heavy atom. The quantitative estimate of drug-likeness (QED) is 0.266. The maximum absolute atomic E-state index is 14.5. The zero-order valence-corrected chi connectivity index (χ0v) is 26.4. The number of nitrogens with one attached hydrogen (secondary N) is 2. The van der Waals surface area contributed by atoms with Gasteiger partial charge in [0, 0.05) is 12.0 Å². The lowest BCUT2D eigenvalue weighted by Crippen LogP contribution is -2.59. The second-order valence-corrected chi connectivity index (χ2v) is 12.4. The minimum atomic E-state index is -1.24. The molecular weight excluding hydrogens is 560 g/mol. The van der Waals surface area contributed by atoms with Crippen molar-refractivity contribution in [2.75, 3.05) is 5.32 Å². The zero-order chi connectivity index (χ0) is 32.0. The topological polar surface area (TPSA) is 151 Å². The summed E-state index contributed by atoms with van der Waals surface area (Å²) in [6.07, 6.45) is -0.732. The number of nitrogens with zero attached hydrogens (tertiary/aromatic N) is 1. The van der Waals surface area contributed by atoms with Gasteiger partial charge in [-0.3, -0.25) is 14.4 Å². The van der Waals surface area contributed by atoms with Crippen molar-refractivity contribution in [1.82, 2.24) is 10.2 Å². The van der Waals surface area contributed by atoms with Crippen LogP contribution in [-0.2, 0) is 19.1 Å². The van der Waals surface area contributed by atoms with Crippen LogP contribution >= 0.6 is 11.6 Å². The molecular formula is C31H43ClN4O6. The summed E-state index contributed by atoms with van der Waals surface area (Å²) >= 11 is 6.43. The molecule has 0 aliphatic carbocycles. The summed E-state index contributed by atoms with van der Waals surface area (Å²) in [5, 5.41) is 16.0. The third-order valence-corrected chi connectivity index (χ3v) is 7.25. The van der Waals surface area contributed by atoms with Crippen molar-refractivity contribution in [3.05, 3.63) is 58.1 Å². The molecule has 0 aromatic heterocycles. The minimum Gasteiger partial charge on any atom is -0.508 e. The molecule has 0 bridgehead atoms. The first-order chi connectivity index (χ1) is 19.4. The SMILES string of the molecule is CCC(C)(C)N(C(=O)C(CCC(N)=O)NC(=O)OC(C)(C)C)C(C(=O)Nc1c(C)cccc1Cl)c1ccc(O)c(C)c1. The molecule has 0 fully saturated rings. The van der Waals surface area contributed by atoms with Gasteiger partial charge in [-0.1, -0.05) is 36.7 Å². The molecule has 5 N–H and O–H groups in total. The molecule has 0 heterocycles. The number of anilines is 1. The predicted octanol–water partition coefficient (Wildman–Crippen LogP) is 5.52. The van der Waals surface area contributed by atoms with Gasteiger partial charge in [-0.05, 0) is 96.2 Å². The van der Waals surface area contributed by atoms with E-state index < -0.39 is 47.0 Å². The van der Waals surface area contributed by atoms with Crippen LogP contribution in [0.4, 0.5) is 10.5 Å². The standard InChI is InChI=1S/C31H43ClN4O6/c1-9-31(7,8)36(28(40)22(14-16-24(33)38)34-29(41)42-30(4,5)6)26(20-13-15-23(37)19(3)17-20)27(39)35-25-18(2)11-10-12-21(25)32/h10-13,15,17,22,26,37H,9,14,16H2,1-8H3,(H2,33,38)(H,34,41)(H,35,39).